The van der Waals surface area contributed by atoms with Gasteiger partial charge in [0.15, 0.2) is 0 Å². The Kier molecular flexibility index (Phi) is 17.3. The van der Waals surface area contributed by atoms with Crippen LogP contribution in [0, 0.1) is 29.6 Å². The van der Waals surface area contributed by atoms with E-state index < -0.39 is 53.5 Å². The zero-order chi connectivity index (χ0) is 42.8. The third-order valence-electron chi connectivity index (χ3n) is 10.8. The number of aromatic nitrogens is 1. The minimum Gasteiger partial charge on any atom is -0.459 e. The van der Waals surface area contributed by atoms with Gasteiger partial charge in [0.25, 0.3) is 0 Å². The number of nitrogens with one attached hydrogen (secondary N) is 3. The normalized spacial score (nSPS) is 16.8. The number of nitrogens with zero attached hydrogens (tertiary/aromatic N) is 1. The summed E-state index contributed by atoms with van der Waals surface area (Å²) in [5.41, 5.74) is 0.621. The highest BCUT2D eigenvalue weighted by molar-refractivity contribution is 5.83. The Labute approximate surface area is 342 Å². The highest BCUT2D eigenvalue weighted by Gasteiger charge is 2.42. The maximum atomic E-state index is 14.4. The first-order valence-electron chi connectivity index (χ1n) is 21.0. The molecule has 322 valence electrons. The number of rotatable bonds is 20. The van der Waals surface area contributed by atoms with Crippen molar-refractivity contribution in [2.24, 2.45) is 29.6 Å². The van der Waals surface area contributed by atoms with Gasteiger partial charge in [-0.3, -0.25) is 4.79 Å². The molecule has 3 rings (SSSR count). The number of alkyl carbamates (subject to hydrolysis) is 2. The number of esters is 1. The SMILES string of the molecule is COCCCC(c1ccc2cc[nH]c2c1)[C@@H](C[C@H](NC(=O)OC(C)(C)C)[C@H](C[C@H](C(=O)N(C)C1CC1)C(C)C)OC(=O)[C@@H](NC(=O)OC(C)(C)C)C(C)C)C(C)C. The molecule has 2 aromatic rings. The fraction of sp³-hybridized carbons (Fsp3) is 0.733. The summed E-state index contributed by atoms with van der Waals surface area (Å²) >= 11 is 0. The third-order valence-corrected chi connectivity index (χ3v) is 10.8. The van der Waals surface area contributed by atoms with E-state index in [1.54, 1.807) is 48.7 Å². The number of amides is 3. The van der Waals surface area contributed by atoms with Crippen molar-refractivity contribution >= 4 is 35.0 Å². The summed E-state index contributed by atoms with van der Waals surface area (Å²) in [6, 6.07) is 6.93. The molecule has 3 amide bonds. The quantitative estimate of drug-likeness (QED) is 0.0683. The van der Waals surface area contributed by atoms with E-state index in [9.17, 15) is 19.2 Å². The van der Waals surface area contributed by atoms with Crippen LogP contribution in [0.15, 0.2) is 30.5 Å². The number of carbonyl (C=O) groups excluding carboxylic acids is 4. The average molecular weight is 799 g/mol. The van der Waals surface area contributed by atoms with Crippen LogP contribution < -0.4 is 10.6 Å². The van der Waals surface area contributed by atoms with Crippen molar-refractivity contribution in [2.75, 3.05) is 20.8 Å². The molecule has 0 bridgehead atoms. The van der Waals surface area contributed by atoms with E-state index in [4.69, 9.17) is 18.9 Å². The van der Waals surface area contributed by atoms with Gasteiger partial charge in [-0.05, 0) is 133 Å². The summed E-state index contributed by atoms with van der Waals surface area (Å²) in [5, 5.41) is 6.99. The zero-order valence-electron chi connectivity index (χ0n) is 37.3. The van der Waals surface area contributed by atoms with Gasteiger partial charge in [0.1, 0.15) is 23.3 Å². The molecule has 12 heteroatoms. The van der Waals surface area contributed by atoms with Gasteiger partial charge in [-0.2, -0.15) is 0 Å². The molecule has 12 nitrogen and oxygen atoms in total. The fourth-order valence-corrected chi connectivity index (χ4v) is 7.59. The van der Waals surface area contributed by atoms with Crippen molar-refractivity contribution in [2.45, 2.75) is 163 Å². The van der Waals surface area contributed by atoms with Crippen molar-refractivity contribution in [1.29, 1.82) is 0 Å². The van der Waals surface area contributed by atoms with Gasteiger partial charge in [0, 0.05) is 44.4 Å². The Hall–Kier alpha value is -3.80. The second-order valence-electron chi connectivity index (χ2n) is 19.1. The summed E-state index contributed by atoms with van der Waals surface area (Å²) in [6.45, 7) is 23.3. The van der Waals surface area contributed by atoms with Crippen molar-refractivity contribution < 1.29 is 38.1 Å². The lowest BCUT2D eigenvalue weighted by Gasteiger charge is -2.39. The molecule has 1 aliphatic carbocycles. The number of carbonyl (C=O) groups is 4. The molecule has 3 N–H and O–H groups in total. The van der Waals surface area contributed by atoms with Crippen LogP contribution in [0.5, 0.6) is 0 Å². The van der Waals surface area contributed by atoms with Crippen LogP contribution >= 0.6 is 0 Å². The number of methoxy groups -OCH3 is 1. The Bertz CT molecular complexity index is 1600. The smallest absolute Gasteiger partial charge is 0.408 e. The molecule has 0 spiro atoms. The monoisotopic (exact) mass is 799 g/mol. The Balaban J connectivity index is 2.17. The predicted molar refractivity (Wildman–Crippen MR) is 225 cm³/mol. The maximum absolute atomic E-state index is 14.4. The largest absolute Gasteiger partial charge is 0.459 e. The number of fused-ring (bicyclic) bond motifs is 1. The van der Waals surface area contributed by atoms with Gasteiger partial charge in [0.2, 0.25) is 5.91 Å². The molecule has 1 aromatic carbocycles. The summed E-state index contributed by atoms with van der Waals surface area (Å²) < 4.78 is 23.4. The summed E-state index contributed by atoms with van der Waals surface area (Å²) in [7, 11) is 3.54. The first-order valence-corrected chi connectivity index (χ1v) is 21.0. The van der Waals surface area contributed by atoms with E-state index in [-0.39, 0.29) is 48.0 Å². The molecule has 1 aliphatic rings. The van der Waals surface area contributed by atoms with E-state index in [1.165, 1.54) is 0 Å². The van der Waals surface area contributed by atoms with Gasteiger partial charge in [-0.25, -0.2) is 14.4 Å². The van der Waals surface area contributed by atoms with Gasteiger partial charge < -0.3 is 39.5 Å². The number of hydrogen-bond acceptors (Lipinski definition) is 8. The standard InChI is InChI=1S/C45H74N4O8/c1-27(2)34(33(16-15-23-54-14)31-18-17-30-21-22-46-36(30)24-31)25-37(47-42(52)56-44(7,8)9)38(26-35(28(3)4)40(50)49(13)32-19-20-32)55-41(51)39(29(5)6)48-43(53)57-45(10,11)12/h17-18,21-22,24,27-29,32-35,37-39,46H,15-16,19-20,23,25-26H2,1-14H3,(H,47,52)(H,48,53)/t33?,34-,35-,37-,38-,39-/m0/s1. The second-order valence-corrected chi connectivity index (χ2v) is 19.1. The molecule has 1 heterocycles. The van der Waals surface area contributed by atoms with Crippen molar-refractivity contribution in [3.05, 3.63) is 36.0 Å². The molecule has 0 saturated heterocycles. The lowest BCUT2D eigenvalue weighted by molar-refractivity contribution is -0.158. The van der Waals surface area contributed by atoms with Crippen LogP contribution in [0.25, 0.3) is 10.9 Å². The molecule has 6 atom stereocenters. The van der Waals surface area contributed by atoms with Crippen molar-refractivity contribution in [1.82, 2.24) is 20.5 Å². The van der Waals surface area contributed by atoms with E-state index in [2.05, 4.69) is 47.7 Å². The highest BCUT2D eigenvalue weighted by Crippen LogP contribution is 2.40. The number of hydrogen-bond donors (Lipinski definition) is 3. The van der Waals surface area contributed by atoms with Crippen LogP contribution in [-0.2, 0) is 28.5 Å². The molecule has 1 saturated carbocycles. The van der Waals surface area contributed by atoms with Crippen molar-refractivity contribution in [3.8, 4) is 0 Å². The number of benzene rings is 1. The van der Waals surface area contributed by atoms with E-state index in [0.717, 1.165) is 42.1 Å². The average Bonchev–Trinajstić information content (AvgIpc) is 3.83. The van der Waals surface area contributed by atoms with Gasteiger partial charge in [-0.15, -0.1) is 0 Å². The number of H-pyrrole nitrogens is 1. The summed E-state index contributed by atoms with van der Waals surface area (Å²) in [6.07, 6.45) is 3.71. The second kappa shape index (κ2) is 20.8. The molecular formula is C45H74N4O8. The topological polar surface area (TPSA) is 148 Å². The number of aromatic amines is 1. The number of ether oxygens (including phenoxy) is 4. The van der Waals surface area contributed by atoms with E-state index in [0.29, 0.717) is 13.0 Å². The van der Waals surface area contributed by atoms with Gasteiger partial charge >= 0.3 is 18.2 Å². The van der Waals surface area contributed by atoms with E-state index >= 15 is 0 Å². The predicted octanol–water partition coefficient (Wildman–Crippen LogP) is 8.98. The lowest BCUT2D eigenvalue weighted by atomic mass is 9.72. The molecule has 1 fully saturated rings. The van der Waals surface area contributed by atoms with Crippen LogP contribution in [0.3, 0.4) is 0 Å². The molecule has 1 aromatic heterocycles. The lowest BCUT2D eigenvalue weighted by Crippen LogP contribution is -2.53. The fourth-order valence-electron chi connectivity index (χ4n) is 7.59. The maximum Gasteiger partial charge on any atom is 0.408 e. The molecule has 0 radical (unpaired) electrons. The first-order chi connectivity index (χ1) is 26.5. The van der Waals surface area contributed by atoms with Crippen molar-refractivity contribution in [3.63, 3.8) is 0 Å². The Morgan fingerprint density at radius 2 is 1.46 bits per heavy atom. The Morgan fingerprint density at radius 3 is 1.98 bits per heavy atom. The van der Waals surface area contributed by atoms with Crippen LogP contribution in [-0.4, -0.2) is 90.1 Å². The van der Waals surface area contributed by atoms with Crippen LogP contribution in [0.1, 0.15) is 133 Å². The minimum atomic E-state index is -1.05. The minimum absolute atomic E-state index is 0.0152. The molecular weight excluding hydrogens is 725 g/mol. The molecule has 57 heavy (non-hydrogen) atoms. The van der Waals surface area contributed by atoms with E-state index in [1.807, 2.05) is 51.9 Å². The highest BCUT2D eigenvalue weighted by atomic mass is 16.6. The Morgan fingerprint density at radius 1 is 0.842 bits per heavy atom. The zero-order valence-corrected chi connectivity index (χ0v) is 37.3. The van der Waals surface area contributed by atoms with Gasteiger partial charge in [-0.1, -0.05) is 53.7 Å². The van der Waals surface area contributed by atoms with Crippen LogP contribution in [0.4, 0.5) is 9.59 Å². The van der Waals surface area contributed by atoms with Crippen LogP contribution in [0.2, 0.25) is 0 Å². The molecule has 0 aliphatic heterocycles. The third kappa shape index (κ3) is 15.1. The summed E-state index contributed by atoms with van der Waals surface area (Å²) in [4.78, 5) is 60.6. The summed E-state index contributed by atoms with van der Waals surface area (Å²) in [5.74, 6) is -1.49. The molecule has 1 unspecified atom stereocenters. The van der Waals surface area contributed by atoms with Gasteiger partial charge in [0.05, 0.1) is 6.04 Å². The first kappa shape index (κ1) is 47.6.